The van der Waals surface area contributed by atoms with Crippen LogP contribution in [0.5, 0.6) is 0 Å². The van der Waals surface area contributed by atoms with Crippen molar-refractivity contribution in [1.29, 1.82) is 0 Å². The maximum Gasteiger partial charge on any atom is 0.0471 e. The van der Waals surface area contributed by atoms with E-state index in [1.807, 2.05) is 0 Å². The van der Waals surface area contributed by atoms with Gasteiger partial charge >= 0.3 is 0 Å². The molecule has 0 amide bonds. The third kappa shape index (κ3) is 12.0. The molecule has 1 N–H and O–H groups in total. The fourth-order valence-electron chi connectivity index (χ4n) is 1.59. The van der Waals surface area contributed by atoms with Gasteiger partial charge in [-0.15, -0.1) is 0 Å². The number of ether oxygens (including phenoxy) is 1. The molecule has 0 heterocycles. The molecule has 1 atom stereocenters. The molecule has 0 bridgehead atoms. The second-order valence-electron chi connectivity index (χ2n) is 5.88. The summed E-state index contributed by atoms with van der Waals surface area (Å²) in [6, 6.07) is 0.652. The predicted molar refractivity (Wildman–Crippen MR) is 71.9 cm³/mol. The van der Waals surface area contributed by atoms with Crippen molar-refractivity contribution in [3.05, 3.63) is 0 Å². The van der Waals surface area contributed by atoms with Crippen molar-refractivity contribution in [2.75, 3.05) is 19.8 Å². The lowest BCUT2D eigenvalue weighted by Crippen LogP contribution is -2.25. The molecule has 2 nitrogen and oxygen atoms in total. The molecular formula is C14H31NO. The fourth-order valence-corrected chi connectivity index (χ4v) is 1.59. The molecule has 16 heavy (non-hydrogen) atoms. The number of unbranched alkanes of at least 4 members (excludes halogenated alkanes) is 1. The minimum Gasteiger partial charge on any atom is -0.381 e. The monoisotopic (exact) mass is 229 g/mol. The second-order valence-corrected chi connectivity index (χ2v) is 5.88. The van der Waals surface area contributed by atoms with E-state index in [-0.39, 0.29) is 0 Å². The summed E-state index contributed by atoms with van der Waals surface area (Å²) in [6.45, 7) is 14.1. The van der Waals surface area contributed by atoms with E-state index in [1.54, 1.807) is 0 Å². The Hall–Kier alpha value is -0.0800. The molecule has 0 aromatic rings. The summed E-state index contributed by atoms with van der Waals surface area (Å²) in [7, 11) is 0. The molecule has 0 fully saturated rings. The third-order valence-electron chi connectivity index (χ3n) is 2.72. The zero-order valence-corrected chi connectivity index (χ0v) is 11.9. The van der Waals surface area contributed by atoms with Crippen molar-refractivity contribution in [3.63, 3.8) is 0 Å². The number of rotatable bonds is 9. The van der Waals surface area contributed by atoms with Crippen molar-refractivity contribution >= 4 is 0 Å². The Balaban J connectivity index is 3.16. The minimum absolute atomic E-state index is 0.402. The van der Waals surface area contributed by atoms with Crippen LogP contribution in [0.1, 0.15) is 60.3 Å². The first kappa shape index (κ1) is 15.9. The number of hydrogen-bond donors (Lipinski definition) is 1. The SMILES string of the molecule is CCNC(C)CCCCOCCC(C)(C)C. The van der Waals surface area contributed by atoms with E-state index in [2.05, 4.69) is 39.9 Å². The summed E-state index contributed by atoms with van der Waals surface area (Å²) in [5.74, 6) is 0. The van der Waals surface area contributed by atoms with E-state index in [0.717, 1.165) is 26.2 Å². The molecule has 98 valence electrons. The fraction of sp³-hybridized carbons (Fsp3) is 1.00. The Morgan fingerprint density at radius 3 is 2.38 bits per heavy atom. The first-order valence-electron chi connectivity index (χ1n) is 6.77. The van der Waals surface area contributed by atoms with Crippen LogP contribution in [0.3, 0.4) is 0 Å². The summed E-state index contributed by atoms with van der Waals surface area (Å²) < 4.78 is 5.63. The van der Waals surface area contributed by atoms with Crippen LogP contribution in [0.15, 0.2) is 0 Å². The van der Waals surface area contributed by atoms with Gasteiger partial charge in [0, 0.05) is 19.3 Å². The van der Waals surface area contributed by atoms with Crippen LogP contribution in [0, 0.1) is 5.41 Å². The highest BCUT2D eigenvalue weighted by Crippen LogP contribution is 2.17. The second kappa shape index (κ2) is 9.00. The topological polar surface area (TPSA) is 21.3 Å². The van der Waals surface area contributed by atoms with Gasteiger partial charge in [-0.05, 0) is 44.6 Å². The van der Waals surface area contributed by atoms with Gasteiger partial charge in [0.2, 0.25) is 0 Å². The van der Waals surface area contributed by atoms with E-state index < -0.39 is 0 Å². The lowest BCUT2D eigenvalue weighted by molar-refractivity contribution is 0.104. The lowest BCUT2D eigenvalue weighted by Gasteiger charge is -2.17. The Bertz CT molecular complexity index is 151. The largest absolute Gasteiger partial charge is 0.381 e. The molecule has 0 aromatic carbocycles. The summed E-state index contributed by atoms with van der Waals surface area (Å²) in [6.07, 6.45) is 4.88. The molecular weight excluding hydrogens is 198 g/mol. The minimum atomic E-state index is 0.402. The lowest BCUT2D eigenvalue weighted by atomic mass is 9.93. The number of hydrogen-bond acceptors (Lipinski definition) is 2. The predicted octanol–water partition coefficient (Wildman–Crippen LogP) is 3.61. The Labute approximate surface area is 102 Å². The van der Waals surface area contributed by atoms with E-state index >= 15 is 0 Å². The van der Waals surface area contributed by atoms with Crippen molar-refractivity contribution in [1.82, 2.24) is 5.32 Å². The van der Waals surface area contributed by atoms with Crippen LogP contribution in [0.4, 0.5) is 0 Å². The normalized spacial score (nSPS) is 14.1. The van der Waals surface area contributed by atoms with Gasteiger partial charge in [-0.3, -0.25) is 0 Å². The van der Waals surface area contributed by atoms with Gasteiger partial charge in [0.1, 0.15) is 0 Å². The molecule has 0 radical (unpaired) electrons. The summed E-state index contributed by atoms with van der Waals surface area (Å²) in [5.41, 5.74) is 0.402. The zero-order valence-electron chi connectivity index (χ0n) is 11.9. The van der Waals surface area contributed by atoms with Gasteiger partial charge in [0.15, 0.2) is 0 Å². The van der Waals surface area contributed by atoms with Crippen LogP contribution in [0.25, 0.3) is 0 Å². The summed E-state index contributed by atoms with van der Waals surface area (Å²) in [5, 5.41) is 3.43. The molecule has 0 spiro atoms. The molecule has 0 aliphatic carbocycles. The maximum absolute atomic E-state index is 5.63. The van der Waals surface area contributed by atoms with Gasteiger partial charge < -0.3 is 10.1 Å². The van der Waals surface area contributed by atoms with Crippen LogP contribution < -0.4 is 5.32 Å². The van der Waals surface area contributed by atoms with E-state index in [4.69, 9.17) is 4.74 Å². The standard InChI is InChI=1S/C14H31NO/c1-6-15-13(2)9-7-8-11-16-12-10-14(3,4)5/h13,15H,6-12H2,1-5H3. The Morgan fingerprint density at radius 2 is 1.81 bits per heavy atom. The molecule has 1 unspecified atom stereocenters. The maximum atomic E-state index is 5.63. The molecule has 0 aliphatic heterocycles. The Morgan fingerprint density at radius 1 is 1.12 bits per heavy atom. The van der Waals surface area contributed by atoms with Crippen molar-refractivity contribution in [2.24, 2.45) is 5.41 Å². The number of nitrogens with one attached hydrogen (secondary N) is 1. The smallest absolute Gasteiger partial charge is 0.0471 e. The molecule has 0 aromatic heterocycles. The van der Waals surface area contributed by atoms with E-state index in [0.29, 0.717) is 11.5 Å². The molecule has 0 aliphatic rings. The van der Waals surface area contributed by atoms with Gasteiger partial charge in [0.25, 0.3) is 0 Å². The summed E-state index contributed by atoms with van der Waals surface area (Å²) >= 11 is 0. The quantitative estimate of drug-likeness (QED) is 0.610. The highest BCUT2D eigenvalue weighted by molar-refractivity contribution is 4.60. The van der Waals surface area contributed by atoms with Crippen LogP contribution in [0.2, 0.25) is 0 Å². The van der Waals surface area contributed by atoms with Crippen LogP contribution >= 0.6 is 0 Å². The van der Waals surface area contributed by atoms with Crippen molar-refractivity contribution < 1.29 is 4.74 Å². The van der Waals surface area contributed by atoms with E-state index in [9.17, 15) is 0 Å². The zero-order chi connectivity index (χ0) is 12.4. The third-order valence-corrected chi connectivity index (χ3v) is 2.72. The molecule has 0 rings (SSSR count). The molecule has 0 saturated carbocycles. The van der Waals surface area contributed by atoms with Gasteiger partial charge in [-0.1, -0.05) is 27.7 Å². The van der Waals surface area contributed by atoms with Crippen LogP contribution in [-0.4, -0.2) is 25.8 Å². The van der Waals surface area contributed by atoms with Crippen molar-refractivity contribution in [2.45, 2.75) is 66.3 Å². The Kier molecular flexibility index (Phi) is 8.96. The first-order valence-corrected chi connectivity index (χ1v) is 6.77. The summed E-state index contributed by atoms with van der Waals surface area (Å²) in [4.78, 5) is 0. The van der Waals surface area contributed by atoms with Gasteiger partial charge in [0.05, 0.1) is 0 Å². The van der Waals surface area contributed by atoms with E-state index in [1.165, 1.54) is 19.3 Å². The van der Waals surface area contributed by atoms with Gasteiger partial charge in [-0.25, -0.2) is 0 Å². The highest BCUT2D eigenvalue weighted by atomic mass is 16.5. The average Bonchev–Trinajstić information content (AvgIpc) is 2.15. The van der Waals surface area contributed by atoms with Crippen LogP contribution in [-0.2, 0) is 4.74 Å². The average molecular weight is 229 g/mol. The van der Waals surface area contributed by atoms with Crippen molar-refractivity contribution in [3.8, 4) is 0 Å². The highest BCUT2D eigenvalue weighted by Gasteiger charge is 2.08. The molecule has 2 heteroatoms. The first-order chi connectivity index (χ1) is 7.45. The molecule has 0 saturated heterocycles. The van der Waals surface area contributed by atoms with Gasteiger partial charge in [-0.2, -0.15) is 0 Å².